The van der Waals surface area contributed by atoms with Gasteiger partial charge in [0.2, 0.25) is 0 Å². The lowest BCUT2D eigenvalue weighted by Gasteiger charge is -2.07. The molecule has 3 rings (SSSR count). The molecule has 0 bridgehead atoms. The number of aromatic nitrogens is 3. The summed E-state index contributed by atoms with van der Waals surface area (Å²) in [6.07, 6.45) is 5.89. The zero-order valence-corrected chi connectivity index (χ0v) is 14.7. The second-order valence-corrected chi connectivity index (χ2v) is 5.94. The topological polar surface area (TPSA) is 100 Å². The predicted molar refractivity (Wildman–Crippen MR) is 97.8 cm³/mol. The number of nitrogens with zero attached hydrogens (tertiary/aromatic N) is 4. The fourth-order valence-corrected chi connectivity index (χ4v) is 2.66. The lowest BCUT2D eigenvalue weighted by molar-refractivity contribution is -0.384. The number of nitro groups is 1. The van der Waals surface area contributed by atoms with Gasteiger partial charge in [-0.3, -0.25) is 15.1 Å². The van der Waals surface area contributed by atoms with Crippen molar-refractivity contribution in [2.24, 2.45) is 0 Å². The molecule has 27 heavy (non-hydrogen) atoms. The molecule has 0 amide bonds. The van der Waals surface area contributed by atoms with Gasteiger partial charge in [0.25, 0.3) is 5.69 Å². The number of hydrogen-bond acceptors (Lipinski definition) is 6. The Balaban J connectivity index is 1.63. The number of imidazole rings is 1. The molecule has 0 aliphatic rings. The van der Waals surface area contributed by atoms with E-state index in [0.29, 0.717) is 18.5 Å². The van der Waals surface area contributed by atoms with Crippen molar-refractivity contribution >= 4 is 11.7 Å². The number of carbonyl (C=O) groups excluding carboxylic acids is 1. The van der Waals surface area contributed by atoms with Gasteiger partial charge < -0.3 is 9.30 Å². The number of pyridine rings is 1. The van der Waals surface area contributed by atoms with Crippen molar-refractivity contribution in [3.05, 3.63) is 82.2 Å². The third-order valence-corrected chi connectivity index (χ3v) is 3.95. The number of ether oxygens (including phenoxy) is 1. The van der Waals surface area contributed by atoms with Crippen molar-refractivity contribution in [3.63, 3.8) is 0 Å². The largest absolute Gasteiger partial charge is 0.462 e. The van der Waals surface area contributed by atoms with Crippen LogP contribution in [0.25, 0.3) is 5.69 Å². The number of benzene rings is 1. The van der Waals surface area contributed by atoms with E-state index in [-0.39, 0.29) is 17.9 Å². The Bertz CT molecular complexity index is 954. The Morgan fingerprint density at radius 1 is 1.30 bits per heavy atom. The smallest absolute Gasteiger partial charge is 0.338 e. The van der Waals surface area contributed by atoms with Crippen LogP contribution in [0.4, 0.5) is 5.69 Å². The Labute approximate surface area is 155 Å². The molecule has 0 fully saturated rings. The van der Waals surface area contributed by atoms with Crippen molar-refractivity contribution in [3.8, 4) is 5.69 Å². The molecular formula is C19H18N4O4. The van der Waals surface area contributed by atoms with Crippen LogP contribution >= 0.6 is 0 Å². The minimum Gasteiger partial charge on any atom is -0.462 e. The molecule has 0 aliphatic heterocycles. The molecule has 0 aliphatic carbocycles. The highest BCUT2D eigenvalue weighted by molar-refractivity contribution is 5.90. The molecule has 3 aromatic rings. The number of nitro benzene ring substituents is 1. The predicted octanol–water partition coefficient (Wildman–Crippen LogP) is 3.27. The molecule has 0 saturated carbocycles. The molecule has 138 valence electrons. The first-order chi connectivity index (χ1) is 13.0. The van der Waals surface area contributed by atoms with Crippen molar-refractivity contribution in [1.29, 1.82) is 0 Å². The van der Waals surface area contributed by atoms with Gasteiger partial charge in [0.1, 0.15) is 5.69 Å². The molecule has 1 aromatic carbocycles. The summed E-state index contributed by atoms with van der Waals surface area (Å²) in [6, 6.07) is 10.0. The number of esters is 1. The van der Waals surface area contributed by atoms with E-state index in [0.717, 1.165) is 11.4 Å². The quantitative estimate of drug-likeness (QED) is 0.275. The fourth-order valence-electron chi connectivity index (χ4n) is 2.66. The number of carbonyl (C=O) groups is 1. The summed E-state index contributed by atoms with van der Waals surface area (Å²) in [5.74, 6) is -0.590. The van der Waals surface area contributed by atoms with Crippen LogP contribution in [0.3, 0.4) is 0 Å². The standard InChI is InChI=1S/C19H18N4O4/c1-14-4-2-5-16(21-14)6-3-11-27-19(24)15-7-8-17(18(12-15)23(25)26)22-10-9-20-13-22/h2,4-5,7-10,12-13H,3,6,11H2,1H3. The van der Waals surface area contributed by atoms with Crippen LogP contribution in [0.1, 0.15) is 28.2 Å². The Kier molecular flexibility index (Phi) is 5.55. The van der Waals surface area contributed by atoms with E-state index >= 15 is 0 Å². The highest BCUT2D eigenvalue weighted by atomic mass is 16.6. The van der Waals surface area contributed by atoms with Crippen LogP contribution < -0.4 is 0 Å². The minimum atomic E-state index is -0.590. The van der Waals surface area contributed by atoms with Crippen molar-refractivity contribution in [2.45, 2.75) is 19.8 Å². The van der Waals surface area contributed by atoms with Crippen molar-refractivity contribution in [2.75, 3.05) is 6.61 Å². The van der Waals surface area contributed by atoms with E-state index in [1.54, 1.807) is 6.20 Å². The van der Waals surface area contributed by atoms with Gasteiger partial charge in [0, 0.05) is 29.8 Å². The zero-order valence-electron chi connectivity index (χ0n) is 14.7. The molecule has 2 heterocycles. The first-order valence-corrected chi connectivity index (χ1v) is 8.41. The number of hydrogen-bond donors (Lipinski definition) is 0. The Morgan fingerprint density at radius 3 is 2.85 bits per heavy atom. The average molecular weight is 366 g/mol. The summed E-state index contributed by atoms with van der Waals surface area (Å²) in [5, 5.41) is 11.3. The summed E-state index contributed by atoms with van der Waals surface area (Å²) in [7, 11) is 0. The van der Waals surface area contributed by atoms with E-state index < -0.39 is 10.9 Å². The second kappa shape index (κ2) is 8.22. The molecule has 0 N–H and O–H groups in total. The maximum absolute atomic E-state index is 12.2. The molecular weight excluding hydrogens is 348 g/mol. The molecule has 8 heteroatoms. The third-order valence-electron chi connectivity index (χ3n) is 3.95. The average Bonchev–Trinajstić information content (AvgIpc) is 3.19. The van der Waals surface area contributed by atoms with E-state index in [1.807, 2.05) is 25.1 Å². The van der Waals surface area contributed by atoms with Gasteiger partial charge in [-0.25, -0.2) is 9.78 Å². The number of aryl methyl sites for hydroxylation is 2. The van der Waals surface area contributed by atoms with E-state index in [4.69, 9.17) is 4.74 Å². The minimum absolute atomic E-state index is 0.138. The van der Waals surface area contributed by atoms with Gasteiger partial charge in [-0.15, -0.1) is 0 Å². The number of rotatable bonds is 7. The SMILES string of the molecule is Cc1cccc(CCCOC(=O)c2ccc(-n3ccnc3)c([N+](=O)[O-])c2)n1. The van der Waals surface area contributed by atoms with E-state index in [1.165, 1.54) is 35.3 Å². The van der Waals surface area contributed by atoms with Crippen molar-refractivity contribution < 1.29 is 14.5 Å². The first-order valence-electron chi connectivity index (χ1n) is 8.41. The molecule has 2 aromatic heterocycles. The van der Waals surface area contributed by atoms with Gasteiger partial charge >= 0.3 is 5.97 Å². The van der Waals surface area contributed by atoms with Crippen molar-refractivity contribution in [1.82, 2.24) is 14.5 Å². The van der Waals surface area contributed by atoms with Gasteiger partial charge in [0.15, 0.2) is 0 Å². The maximum atomic E-state index is 12.2. The van der Waals surface area contributed by atoms with Gasteiger partial charge in [-0.2, -0.15) is 0 Å². The zero-order chi connectivity index (χ0) is 19.2. The molecule has 0 saturated heterocycles. The van der Waals surface area contributed by atoms with Crippen LogP contribution in [-0.2, 0) is 11.2 Å². The maximum Gasteiger partial charge on any atom is 0.338 e. The first kappa shape index (κ1) is 18.2. The van der Waals surface area contributed by atoms with Crippen LogP contribution in [0.5, 0.6) is 0 Å². The summed E-state index contributed by atoms with van der Waals surface area (Å²) in [4.78, 5) is 31.3. The monoisotopic (exact) mass is 366 g/mol. The summed E-state index contributed by atoms with van der Waals surface area (Å²) < 4.78 is 6.75. The summed E-state index contributed by atoms with van der Waals surface area (Å²) >= 11 is 0. The van der Waals surface area contributed by atoms with Gasteiger partial charge in [-0.1, -0.05) is 6.07 Å². The normalized spacial score (nSPS) is 10.6. The van der Waals surface area contributed by atoms with E-state index in [9.17, 15) is 14.9 Å². The molecule has 8 nitrogen and oxygen atoms in total. The van der Waals surface area contributed by atoms with Gasteiger partial charge in [-0.05, 0) is 44.0 Å². The fraction of sp³-hybridized carbons (Fsp3) is 0.211. The Morgan fingerprint density at radius 2 is 2.15 bits per heavy atom. The van der Waals surface area contributed by atoms with Crippen LogP contribution in [0, 0.1) is 17.0 Å². The Hall–Kier alpha value is -3.55. The molecule has 0 spiro atoms. The van der Waals surface area contributed by atoms with E-state index in [2.05, 4.69) is 9.97 Å². The third kappa shape index (κ3) is 4.55. The van der Waals surface area contributed by atoms with Crippen LogP contribution in [-0.4, -0.2) is 32.0 Å². The second-order valence-electron chi connectivity index (χ2n) is 5.94. The summed E-state index contributed by atoms with van der Waals surface area (Å²) in [5.41, 5.74) is 2.16. The van der Waals surface area contributed by atoms with Crippen LogP contribution in [0.15, 0.2) is 55.1 Å². The lowest BCUT2D eigenvalue weighted by Crippen LogP contribution is -2.09. The van der Waals surface area contributed by atoms with Gasteiger partial charge in [0.05, 0.1) is 23.4 Å². The highest BCUT2D eigenvalue weighted by Gasteiger charge is 2.19. The molecule has 0 atom stereocenters. The lowest BCUT2D eigenvalue weighted by atomic mass is 10.1. The highest BCUT2D eigenvalue weighted by Crippen LogP contribution is 2.24. The summed E-state index contributed by atoms with van der Waals surface area (Å²) in [6.45, 7) is 2.13. The van der Waals surface area contributed by atoms with Crippen LogP contribution in [0.2, 0.25) is 0 Å². The molecule has 0 unspecified atom stereocenters. The molecule has 0 radical (unpaired) electrons.